The molecule has 0 aliphatic carbocycles. The monoisotopic (exact) mass is 278 g/mol. The molecule has 1 aliphatic rings. The highest BCUT2D eigenvalue weighted by atomic mass is 32.1. The van der Waals surface area contributed by atoms with Gasteiger partial charge < -0.3 is 0 Å². The molecule has 1 aromatic heterocycles. The molecule has 1 amide bonds. The Morgan fingerprint density at radius 3 is 3.00 bits per heavy atom. The van der Waals surface area contributed by atoms with Crippen molar-refractivity contribution in [3.8, 4) is 6.19 Å². The Balaban J connectivity index is 2.12. The number of carbonyl (C=O) groups is 1. The Morgan fingerprint density at radius 1 is 1.68 bits per heavy atom. The Labute approximate surface area is 117 Å². The van der Waals surface area contributed by atoms with Gasteiger partial charge in [0.15, 0.2) is 11.3 Å². The second-order valence-corrected chi connectivity index (χ2v) is 5.89. The van der Waals surface area contributed by atoms with Crippen molar-refractivity contribution >= 4 is 22.4 Å². The van der Waals surface area contributed by atoms with Crippen LogP contribution in [0.3, 0.4) is 0 Å². The number of hydrogen-bond acceptors (Lipinski definition) is 5. The van der Waals surface area contributed by atoms with Crippen molar-refractivity contribution in [1.29, 1.82) is 5.26 Å². The topological polar surface area (TPSA) is 60.2 Å². The summed E-state index contributed by atoms with van der Waals surface area (Å²) in [6.07, 6.45) is 3.74. The molecule has 2 heterocycles. The van der Waals surface area contributed by atoms with Crippen LogP contribution in [0.5, 0.6) is 0 Å². The molecule has 0 bridgehead atoms. The van der Waals surface area contributed by atoms with E-state index in [-0.39, 0.29) is 11.9 Å². The predicted octanol–water partition coefficient (Wildman–Crippen LogP) is 2.17. The van der Waals surface area contributed by atoms with Crippen molar-refractivity contribution in [2.45, 2.75) is 38.6 Å². The molecule has 0 spiro atoms. The van der Waals surface area contributed by atoms with E-state index in [0.717, 1.165) is 18.5 Å². The molecule has 1 saturated heterocycles. The molecule has 0 unspecified atom stereocenters. The van der Waals surface area contributed by atoms with Crippen LogP contribution in [0.2, 0.25) is 0 Å². The van der Waals surface area contributed by atoms with Gasteiger partial charge in [-0.25, -0.2) is 4.98 Å². The van der Waals surface area contributed by atoms with Crippen LogP contribution < -0.4 is 4.90 Å². The van der Waals surface area contributed by atoms with Gasteiger partial charge >= 0.3 is 0 Å². The van der Waals surface area contributed by atoms with Gasteiger partial charge in [-0.3, -0.25) is 14.6 Å². The summed E-state index contributed by atoms with van der Waals surface area (Å²) < 4.78 is 0. The second-order valence-electron chi connectivity index (χ2n) is 5.06. The molecule has 0 saturated carbocycles. The molecule has 1 fully saturated rings. The highest BCUT2D eigenvalue weighted by molar-refractivity contribution is 7.14. The zero-order valence-electron chi connectivity index (χ0n) is 11.5. The van der Waals surface area contributed by atoms with E-state index in [1.54, 1.807) is 16.8 Å². The summed E-state index contributed by atoms with van der Waals surface area (Å²) in [5.74, 6) is 0.319. The maximum Gasteiger partial charge on any atom is 0.251 e. The number of likely N-dealkylation sites (tertiary alicyclic amines) is 1. The van der Waals surface area contributed by atoms with E-state index >= 15 is 0 Å². The van der Waals surface area contributed by atoms with Crippen molar-refractivity contribution in [3.63, 3.8) is 0 Å². The zero-order valence-corrected chi connectivity index (χ0v) is 12.3. The smallest absolute Gasteiger partial charge is 0.251 e. The first-order chi connectivity index (χ1) is 9.04. The average Bonchev–Trinajstić information content (AvgIpc) is 3.05. The molecule has 5 nitrogen and oxygen atoms in total. The summed E-state index contributed by atoms with van der Waals surface area (Å²) >= 11 is 1.47. The molecular weight excluding hydrogens is 260 g/mol. The lowest BCUT2D eigenvalue weighted by molar-refractivity contribution is -0.121. The number of carbonyl (C=O) groups excluding carboxylic acids is 1. The van der Waals surface area contributed by atoms with Crippen LogP contribution >= 0.6 is 11.3 Å². The fraction of sp³-hybridized carbons (Fsp3) is 0.615. The molecule has 0 N–H and O–H groups in total. The summed E-state index contributed by atoms with van der Waals surface area (Å²) in [5.41, 5.74) is 1.00. The highest BCUT2D eigenvalue weighted by Gasteiger charge is 2.33. The minimum Gasteiger partial charge on any atom is -0.298 e. The van der Waals surface area contributed by atoms with E-state index < -0.39 is 0 Å². The number of anilines is 1. The van der Waals surface area contributed by atoms with Crippen LogP contribution in [0.4, 0.5) is 5.13 Å². The Morgan fingerprint density at radius 2 is 2.42 bits per heavy atom. The lowest BCUT2D eigenvalue weighted by Crippen LogP contribution is -2.42. The number of nitrogens with zero attached hydrogens (tertiary/aromatic N) is 4. The lowest BCUT2D eigenvalue weighted by atomic mass is 10.2. The normalized spacial score (nSPS) is 18.7. The van der Waals surface area contributed by atoms with Crippen LogP contribution in [0.1, 0.15) is 38.3 Å². The third-order valence-corrected chi connectivity index (χ3v) is 4.32. The molecule has 19 heavy (non-hydrogen) atoms. The maximum atomic E-state index is 12.4. The summed E-state index contributed by atoms with van der Waals surface area (Å²) in [4.78, 5) is 20.0. The lowest BCUT2D eigenvalue weighted by Gasteiger charge is -2.22. The van der Waals surface area contributed by atoms with Gasteiger partial charge in [0.2, 0.25) is 0 Å². The summed E-state index contributed by atoms with van der Waals surface area (Å²) in [6.45, 7) is 4.83. The predicted molar refractivity (Wildman–Crippen MR) is 75.0 cm³/mol. The standard InChI is InChI=1S/C13H18N4OS/c1-9(2)10-7-19-13(15-10)16(3)12(18)11-5-4-6-17(11)8-14/h7,9,11H,4-6H2,1-3H3/t11-/m0/s1. The minimum atomic E-state index is -0.318. The van der Waals surface area contributed by atoms with Gasteiger partial charge in [0.25, 0.3) is 5.91 Å². The number of rotatable bonds is 3. The molecule has 1 aliphatic heterocycles. The number of amides is 1. The summed E-state index contributed by atoms with van der Waals surface area (Å²) in [6, 6.07) is -0.318. The van der Waals surface area contributed by atoms with E-state index in [2.05, 4.69) is 25.0 Å². The maximum absolute atomic E-state index is 12.4. The van der Waals surface area contributed by atoms with Gasteiger partial charge in [-0.15, -0.1) is 11.3 Å². The zero-order chi connectivity index (χ0) is 14.0. The Hall–Kier alpha value is -1.61. The molecular formula is C13H18N4OS. The Bertz CT molecular complexity index is 505. The van der Waals surface area contributed by atoms with Gasteiger partial charge in [-0.05, 0) is 18.8 Å². The average molecular weight is 278 g/mol. The van der Waals surface area contributed by atoms with Gasteiger partial charge in [-0.2, -0.15) is 5.26 Å². The quantitative estimate of drug-likeness (QED) is 0.795. The van der Waals surface area contributed by atoms with Gasteiger partial charge in [0, 0.05) is 19.0 Å². The van der Waals surface area contributed by atoms with Gasteiger partial charge in [-0.1, -0.05) is 13.8 Å². The van der Waals surface area contributed by atoms with E-state index in [9.17, 15) is 4.79 Å². The minimum absolute atomic E-state index is 0.0382. The van der Waals surface area contributed by atoms with E-state index in [4.69, 9.17) is 5.26 Å². The van der Waals surface area contributed by atoms with E-state index in [1.165, 1.54) is 11.3 Å². The van der Waals surface area contributed by atoms with Gasteiger partial charge in [0.1, 0.15) is 6.04 Å². The SMILES string of the molecule is CC(C)c1csc(N(C)C(=O)[C@@H]2CCCN2C#N)n1. The first kappa shape index (κ1) is 13.8. The molecule has 0 aromatic carbocycles. The number of hydrogen-bond donors (Lipinski definition) is 0. The van der Waals surface area contributed by atoms with E-state index in [1.807, 2.05) is 5.38 Å². The largest absolute Gasteiger partial charge is 0.298 e. The van der Waals surface area contributed by atoms with Crippen LogP contribution in [-0.2, 0) is 4.79 Å². The molecule has 1 aromatic rings. The fourth-order valence-corrected chi connectivity index (χ4v) is 3.11. The van der Waals surface area contributed by atoms with Crippen molar-refractivity contribution in [1.82, 2.24) is 9.88 Å². The third kappa shape index (κ3) is 2.71. The first-order valence-corrected chi connectivity index (χ1v) is 7.32. The number of thiazole rings is 1. The van der Waals surface area contributed by atoms with Crippen molar-refractivity contribution in [3.05, 3.63) is 11.1 Å². The van der Waals surface area contributed by atoms with Crippen LogP contribution in [0, 0.1) is 11.5 Å². The molecule has 102 valence electrons. The summed E-state index contributed by atoms with van der Waals surface area (Å²) in [5, 5.41) is 11.7. The van der Waals surface area contributed by atoms with Crippen LogP contribution in [0.25, 0.3) is 0 Å². The fourth-order valence-electron chi connectivity index (χ4n) is 2.16. The van der Waals surface area contributed by atoms with Crippen molar-refractivity contribution in [2.24, 2.45) is 0 Å². The number of likely N-dealkylation sites (N-methyl/N-ethyl adjacent to an activating group) is 1. The van der Waals surface area contributed by atoms with Gasteiger partial charge in [0.05, 0.1) is 5.69 Å². The highest BCUT2D eigenvalue weighted by Crippen LogP contribution is 2.26. The first-order valence-electron chi connectivity index (χ1n) is 6.44. The van der Waals surface area contributed by atoms with Crippen molar-refractivity contribution < 1.29 is 4.79 Å². The number of aromatic nitrogens is 1. The molecule has 0 radical (unpaired) electrons. The van der Waals surface area contributed by atoms with E-state index in [0.29, 0.717) is 17.6 Å². The van der Waals surface area contributed by atoms with Crippen LogP contribution in [-0.4, -0.2) is 35.4 Å². The second kappa shape index (κ2) is 5.57. The molecule has 2 rings (SSSR count). The molecule has 6 heteroatoms. The van der Waals surface area contributed by atoms with Crippen LogP contribution in [0.15, 0.2) is 5.38 Å². The summed E-state index contributed by atoms with van der Waals surface area (Å²) in [7, 11) is 1.74. The van der Waals surface area contributed by atoms with Crippen molar-refractivity contribution in [2.75, 3.05) is 18.5 Å². The molecule has 1 atom stereocenters. The third-order valence-electron chi connectivity index (χ3n) is 3.39. The Kier molecular flexibility index (Phi) is 4.05. The number of nitriles is 1.